The van der Waals surface area contributed by atoms with Crippen molar-refractivity contribution in [3.05, 3.63) is 82.8 Å². The third-order valence-corrected chi connectivity index (χ3v) is 5.82. The van der Waals surface area contributed by atoms with Crippen molar-refractivity contribution in [2.75, 3.05) is 20.3 Å². The summed E-state index contributed by atoms with van der Waals surface area (Å²) in [7, 11) is 1.72. The third-order valence-electron chi connectivity index (χ3n) is 5.82. The van der Waals surface area contributed by atoms with Gasteiger partial charge in [0.05, 0.1) is 13.2 Å². The number of rotatable bonds is 11. The van der Waals surface area contributed by atoms with E-state index in [1.807, 2.05) is 50.3 Å². The number of aromatic nitrogens is 2. The van der Waals surface area contributed by atoms with Gasteiger partial charge < -0.3 is 19.7 Å². The molecule has 7 heteroatoms. The average Bonchev–Trinajstić information content (AvgIpc) is 3.30. The van der Waals surface area contributed by atoms with Crippen molar-refractivity contribution in [2.24, 2.45) is 5.92 Å². The Morgan fingerprint density at radius 2 is 1.94 bits per heavy atom. The van der Waals surface area contributed by atoms with Gasteiger partial charge in [-0.1, -0.05) is 66.7 Å². The maximum atomic E-state index is 10.7. The van der Waals surface area contributed by atoms with Crippen LogP contribution in [0.5, 0.6) is 0 Å². The van der Waals surface area contributed by atoms with E-state index in [4.69, 9.17) is 14.4 Å². The minimum Gasteiger partial charge on any atom is -0.480 e. The number of nitrogens with zero attached hydrogens (tertiary/aromatic N) is 2. The lowest BCUT2D eigenvalue weighted by Gasteiger charge is -2.17. The topological polar surface area (TPSA) is 97.5 Å². The number of benzene rings is 2. The van der Waals surface area contributed by atoms with Crippen LogP contribution in [0.1, 0.15) is 42.0 Å². The van der Waals surface area contributed by atoms with E-state index in [2.05, 4.69) is 47.5 Å². The molecule has 0 aliphatic rings. The zero-order valence-electron chi connectivity index (χ0n) is 21.0. The summed E-state index contributed by atoms with van der Waals surface area (Å²) in [4.78, 5) is 15.3. The van der Waals surface area contributed by atoms with Gasteiger partial charge in [-0.25, -0.2) is 0 Å². The summed E-state index contributed by atoms with van der Waals surface area (Å²) in [6.45, 7) is 9.21. The normalized spacial score (nSPS) is 13.2. The van der Waals surface area contributed by atoms with E-state index in [1.165, 1.54) is 16.7 Å². The van der Waals surface area contributed by atoms with Crippen LogP contribution in [0.4, 0.5) is 0 Å². The van der Waals surface area contributed by atoms with Crippen LogP contribution >= 0.6 is 0 Å². The van der Waals surface area contributed by atoms with Crippen LogP contribution in [0, 0.1) is 19.8 Å². The summed E-state index contributed by atoms with van der Waals surface area (Å²) in [5.74, 6) is 0.321. The predicted molar refractivity (Wildman–Crippen MR) is 138 cm³/mol. The monoisotopic (exact) mass is 475 g/mol. The van der Waals surface area contributed by atoms with Gasteiger partial charge in [0.2, 0.25) is 5.82 Å². The van der Waals surface area contributed by atoms with Gasteiger partial charge in [0.15, 0.2) is 0 Å². The molecular formula is C28H33N3O4. The average molecular weight is 476 g/mol. The Hall–Kier alpha value is -3.55. The Bertz CT molecular complexity index is 1230. The summed E-state index contributed by atoms with van der Waals surface area (Å²) < 4.78 is 11.0. The van der Waals surface area contributed by atoms with E-state index >= 15 is 0 Å². The van der Waals surface area contributed by atoms with Gasteiger partial charge in [0.25, 0.3) is 5.89 Å². The number of hydrogen-bond acceptors (Lipinski definition) is 6. The molecule has 2 N–H and O–H groups in total. The maximum Gasteiger partial charge on any atom is 0.317 e. The number of hydrogen-bond donors (Lipinski definition) is 2. The number of carbonyl (C=O) groups is 1. The zero-order valence-corrected chi connectivity index (χ0v) is 21.0. The van der Waals surface area contributed by atoms with Gasteiger partial charge in [-0.3, -0.25) is 4.79 Å². The third kappa shape index (κ3) is 6.97. The van der Waals surface area contributed by atoms with Crippen LogP contribution in [-0.4, -0.2) is 41.5 Å². The molecule has 0 bridgehead atoms. The minimum absolute atomic E-state index is 0.0785. The quantitative estimate of drug-likeness (QED) is 0.363. The Kier molecular flexibility index (Phi) is 9.11. The highest BCUT2D eigenvalue weighted by Crippen LogP contribution is 2.28. The SMILES string of the molecule is COCC(C)C(=CC=C(C)c1nc(-c2ccc(CNCC(=O)O)cc2C)no1)c1ccccc1C. The summed E-state index contributed by atoms with van der Waals surface area (Å²) in [5.41, 5.74) is 7.32. The fourth-order valence-corrected chi connectivity index (χ4v) is 3.94. The predicted octanol–water partition coefficient (Wildman–Crippen LogP) is 5.30. The number of carboxylic acid groups (broad SMARTS) is 1. The minimum atomic E-state index is -0.880. The highest BCUT2D eigenvalue weighted by atomic mass is 16.5. The summed E-state index contributed by atoms with van der Waals surface area (Å²) in [6.07, 6.45) is 4.12. The molecule has 1 heterocycles. The second-order valence-electron chi connectivity index (χ2n) is 8.71. The first-order valence-corrected chi connectivity index (χ1v) is 11.6. The molecule has 0 saturated carbocycles. The molecule has 7 nitrogen and oxygen atoms in total. The Morgan fingerprint density at radius 1 is 1.17 bits per heavy atom. The number of carboxylic acids is 1. The van der Waals surface area contributed by atoms with E-state index in [-0.39, 0.29) is 12.5 Å². The van der Waals surface area contributed by atoms with Gasteiger partial charge in [-0.15, -0.1) is 0 Å². The van der Waals surface area contributed by atoms with Crippen molar-refractivity contribution in [1.82, 2.24) is 15.5 Å². The molecule has 184 valence electrons. The molecule has 3 aromatic rings. The number of ether oxygens (including phenoxy) is 1. The molecule has 0 saturated heterocycles. The first kappa shape index (κ1) is 26.1. The van der Waals surface area contributed by atoms with Crippen LogP contribution < -0.4 is 5.32 Å². The lowest BCUT2D eigenvalue weighted by atomic mass is 9.91. The fourth-order valence-electron chi connectivity index (χ4n) is 3.94. The number of aliphatic carboxylic acids is 1. The standard InChI is InChI=1S/C28H33N3O4/c1-18-8-6-7-9-23(18)24(21(4)17-34-5)12-10-19(2)28-30-27(31-35-28)25-13-11-22(14-20(25)3)15-29-16-26(32)33/h6-14,21,29H,15-17H2,1-5H3,(H,32,33). The van der Waals surface area contributed by atoms with E-state index in [0.29, 0.717) is 24.9 Å². The molecule has 0 aliphatic carbocycles. The lowest BCUT2D eigenvalue weighted by molar-refractivity contribution is -0.136. The second kappa shape index (κ2) is 12.2. The van der Waals surface area contributed by atoms with Gasteiger partial charge >= 0.3 is 5.97 Å². The Labute approximate surface area is 206 Å². The van der Waals surface area contributed by atoms with Crippen LogP contribution in [0.3, 0.4) is 0 Å². The molecule has 35 heavy (non-hydrogen) atoms. The fraction of sp³-hybridized carbons (Fsp3) is 0.321. The van der Waals surface area contributed by atoms with Crippen molar-refractivity contribution in [3.8, 4) is 11.4 Å². The summed E-state index contributed by atoms with van der Waals surface area (Å²) >= 11 is 0. The zero-order chi connectivity index (χ0) is 25.4. The van der Waals surface area contributed by atoms with E-state index in [1.54, 1.807) is 7.11 Å². The smallest absolute Gasteiger partial charge is 0.317 e. The molecule has 1 aromatic heterocycles. The number of aryl methyl sites for hydroxylation is 2. The van der Waals surface area contributed by atoms with Gasteiger partial charge in [0.1, 0.15) is 0 Å². The Balaban J connectivity index is 1.83. The van der Waals surface area contributed by atoms with Gasteiger partial charge in [0, 0.05) is 30.7 Å². The maximum absolute atomic E-state index is 10.7. The van der Waals surface area contributed by atoms with E-state index in [0.717, 1.165) is 22.3 Å². The molecule has 3 rings (SSSR count). The highest BCUT2D eigenvalue weighted by molar-refractivity contribution is 5.74. The summed E-state index contributed by atoms with van der Waals surface area (Å²) in [5, 5.41) is 15.8. The van der Waals surface area contributed by atoms with Crippen molar-refractivity contribution < 1.29 is 19.2 Å². The van der Waals surface area contributed by atoms with Crippen LogP contribution in [0.15, 0.2) is 59.1 Å². The first-order valence-electron chi connectivity index (χ1n) is 11.6. The van der Waals surface area contributed by atoms with Crippen molar-refractivity contribution in [1.29, 1.82) is 0 Å². The van der Waals surface area contributed by atoms with Crippen molar-refractivity contribution in [2.45, 2.75) is 34.2 Å². The molecule has 0 spiro atoms. The van der Waals surface area contributed by atoms with Crippen molar-refractivity contribution in [3.63, 3.8) is 0 Å². The second-order valence-corrected chi connectivity index (χ2v) is 8.71. The Morgan fingerprint density at radius 3 is 2.63 bits per heavy atom. The molecule has 0 radical (unpaired) electrons. The summed E-state index contributed by atoms with van der Waals surface area (Å²) in [6, 6.07) is 14.2. The number of methoxy groups -OCH3 is 1. The van der Waals surface area contributed by atoms with Crippen molar-refractivity contribution >= 4 is 17.1 Å². The first-order chi connectivity index (χ1) is 16.8. The molecule has 0 amide bonds. The van der Waals surface area contributed by atoms with Crippen LogP contribution in [0.25, 0.3) is 22.5 Å². The molecule has 1 atom stereocenters. The van der Waals surface area contributed by atoms with Gasteiger partial charge in [-0.05, 0) is 48.6 Å². The van der Waals surface area contributed by atoms with E-state index < -0.39 is 5.97 Å². The van der Waals surface area contributed by atoms with Gasteiger partial charge in [-0.2, -0.15) is 4.98 Å². The molecule has 2 aromatic carbocycles. The lowest BCUT2D eigenvalue weighted by Crippen LogP contribution is -2.21. The molecule has 0 aliphatic heterocycles. The molecule has 1 unspecified atom stereocenters. The number of nitrogens with one attached hydrogen (secondary N) is 1. The van der Waals surface area contributed by atoms with E-state index in [9.17, 15) is 4.79 Å². The molecular weight excluding hydrogens is 442 g/mol. The largest absolute Gasteiger partial charge is 0.480 e. The van der Waals surface area contributed by atoms with Crippen LogP contribution in [-0.2, 0) is 16.1 Å². The highest BCUT2D eigenvalue weighted by Gasteiger charge is 2.15. The van der Waals surface area contributed by atoms with Crippen LogP contribution in [0.2, 0.25) is 0 Å². The molecule has 0 fully saturated rings. The number of allylic oxidation sites excluding steroid dienone is 3.